The van der Waals surface area contributed by atoms with E-state index in [0.717, 1.165) is 19.4 Å². The van der Waals surface area contributed by atoms with Gasteiger partial charge in [0.05, 0.1) is 19.3 Å². The Morgan fingerprint density at radius 2 is 2.06 bits per heavy atom. The van der Waals surface area contributed by atoms with E-state index in [9.17, 15) is 4.79 Å². The molecule has 0 bridgehead atoms. The Labute approximate surface area is 110 Å². The maximum Gasteiger partial charge on any atom is 0.323 e. The van der Waals surface area contributed by atoms with Gasteiger partial charge in [-0.05, 0) is 26.2 Å². The zero-order chi connectivity index (χ0) is 13.2. The lowest BCUT2D eigenvalue weighted by Crippen LogP contribution is -2.40. The summed E-state index contributed by atoms with van der Waals surface area (Å²) in [5.41, 5.74) is 0. The largest absolute Gasteiger partial charge is 0.465 e. The SMILES string of the molecule is CCCC(NCCOC1CCCC1)C(=O)OCC. The zero-order valence-corrected chi connectivity index (χ0v) is 11.7. The van der Waals surface area contributed by atoms with Gasteiger partial charge in [-0.2, -0.15) is 0 Å². The predicted octanol–water partition coefficient (Wildman–Crippen LogP) is 2.27. The van der Waals surface area contributed by atoms with E-state index in [0.29, 0.717) is 19.3 Å². The number of rotatable bonds is 9. The molecule has 0 amide bonds. The molecule has 0 aliphatic heterocycles. The van der Waals surface area contributed by atoms with E-state index in [4.69, 9.17) is 9.47 Å². The molecular weight excluding hydrogens is 230 g/mol. The first-order valence-corrected chi connectivity index (χ1v) is 7.29. The molecule has 0 spiro atoms. The second-order valence-electron chi connectivity index (χ2n) is 4.82. The summed E-state index contributed by atoms with van der Waals surface area (Å²) in [5, 5.41) is 3.23. The molecular formula is C14H27NO3. The maximum atomic E-state index is 11.7. The summed E-state index contributed by atoms with van der Waals surface area (Å²) in [7, 11) is 0. The number of carbonyl (C=O) groups excluding carboxylic acids is 1. The fourth-order valence-corrected chi connectivity index (χ4v) is 2.35. The zero-order valence-electron chi connectivity index (χ0n) is 11.7. The van der Waals surface area contributed by atoms with Crippen LogP contribution in [-0.2, 0) is 14.3 Å². The fraction of sp³-hybridized carbons (Fsp3) is 0.929. The first kappa shape index (κ1) is 15.4. The van der Waals surface area contributed by atoms with Gasteiger partial charge >= 0.3 is 5.97 Å². The third-order valence-electron chi connectivity index (χ3n) is 3.30. The quantitative estimate of drug-likeness (QED) is 0.508. The lowest BCUT2D eigenvalue weighted by atomic mass is 10.1. The van der Waals surface area contributed by atoms with E-state index >= 15 is 0 Å². The highest BCUT2D eigenvalue weighted by Crippen LogP contribution is 2.20. The second kappa shape index (κ2) is 9.34. The molecule has 1 saturated carbocycles. The average Bonchev–Trinajstić information content (AvgIpc) is 2.86. The summed E-state index contributed by atoms with van der Waals surface area (Å²) in [5.74, 6) is -0.139. The van der Waals surface area contributed by atoms with Crippen molar-refractivity contribution in [1.82, 2.24) is 5.32 Å². The Balaban J connectivity index is 2.13. The van der Waals surface area contributed by atoms with Gasteiger partial charge < -0.3 is 14.8 Å². The first-order valence-electron chi connectivity index (χ1n) is 7.29. The average molecular weight is 257 g/mol. The Kier molecular flexibility index (Phi) is 8.01. The van der Waals surface area contributed by atoms with Crippen LogP contribution in [0.1, 0.15) is 52.4 Å². The van der Waals surface area contributed by atoms with Crippen LogP contribution in [0.25, 0.3) is 0 Å². The van der Waals surface area contributed by atoms with Crippen LogP contribution < -0.4 is 5.32 Å². The molecule has 1 aliphatic rings. The van der Waals surface area contributed by atoms with Gasteiger partial charge in [-0.15, -0.1) is 0 Å². The Bertz CT molecular complexity index is 227. The van der Waals surface area contributed by atoms with Crippen molar-refractivity contribution in [3.8, 4) is 0 Å². The third-order valence-corrected chi connectivity index (χ3v) is 3.30. The van der Waals surface area contributed by atoms with Gasteiger partial charge in [-0.3, -0.25) is 4.79 Å². The number of hydrogen-bond acceptors (Lipinski definition) is 4. The van der Waals surface area contributed by atoms with Gasteiger partial charge in [-0.1, -0.05) is 26.2 Å². The van der Waals surface area contributed by atoms with Gasteiger partial charge in [0.1, 0.15) is 6.04 Å². The molecule has 1 N–H and O–H groups in total. The smallest absolute Gasteiger partial charge is 0.323 e. The number of nitrogens with one attached hydrogen (secondary N) is 1. The molecule has 4 nitrogen and oxygen atoms in total. The highest BCUT2D eigenvalue weighted by atomic mass is 16.5. The lowest BCUT2D eigenvalue weighted by Gasteiger charge is -2.17. The minimum absolute atomic E-state index is 0.139. The number of esters is 1. The molecule has 0 aromatic rings. The standard InChI is InChI=1S/C14H27NO3/c1-3-7-13(14(16)17-4-2)15-10-11-18-12-8-5-6-9-12/h12-13,15H,3-11H2,1-2H3. The predicted molar refractivity (Wildman–Crippen MR) is 71.5 cm³/mol. The van der Waals surface area contributed by atoms with Gasteiger partial charge in [0, 0.05) is 6.54 Å². The Morgan fingerprint density at radius 3 is 2.67 bits per heavy atom. The summed E-state index contributed by atoms with van der Waals surface area (Å²) in [6.45, 7) is 5.76. The first-order chi connectivity index (χ1) is 8.77. The molecule has 1 aliphatic carbocycles. The summed E-state index contributed by atoms with van der Waals surface area (Å²) in [4.78, 5) is 11.7. The third kappa shape index (κ3) is 5.83. The van der Waals surface area contributed by atoms with E-state index in [-0.39, 0.29) is 12.0 Å². The van der Waals surface area contributed by atoms with Crippen molar-refractivity contribution >= 4 is 5.97 Å². The molecule has 0 aromatic carbocycles. The molecule has 4 heteroatoms. The van der Waals surface area contributed by atoms with Gasteiger partial charge in [-0.25, -0.2) is 0 Å². The molecule has 1 rings (SSSR count). The summed E-state index contributed by atoms with van der Waals surface area (Å²) >= 11 is 0. The number of carbonyl (C=O) groups is 1. The van der Waals surface area contributed by atoms with Crippen molar-refractivity contribution < 1.29 is 14.3 Å². The van der Waals surface area contributed by atoms with Crippen molar-refractivity contribution in [3.63, 3.8) is 0 Å². The highest BCUT2D eigenvalue weighted by molar-refractivity contribution is 5.75. The summed E-state index contributed by atoms with van der Waals surface area (Å²) in [6.07, 6.45) is 7.20. The van der Waals surface area contributed by atoms with Crippen LogP contribution in [-0.4, -0.2) is 37.9 Å². The summed E-state index contributed by atoms with van der Waals surface area (Å²) in [6, 6.07) is -0.179. The van der Waals surface area contributed by atoms with Crippen LogP contribution in [0.4, 0.5) is 0 Å². The Morgan fingerprint density at radius 1 is 1.33 bits per heavy atom. The molecule has 18 heavy (non-hydrogen) atoms. The van der Waals surface area contributed by atoms with Crippen molar-refractivity contribution in [2.75, 3.05) is 19.8 Å². The topological polar surface area (TPSA) is 47.6 Å². The van der Waals surface area contributed by atoms with Crippen LogP contribution in [0.15, 0.2) is 0 Å². The molecule has 1 unspecified atom stereocenters. The van der Waals surface area contributed by atoms with E-state index in [1.807, 2.05) is 6.92 Å². The minimum atomic E-state index is -0.179. The molecule has 0 heterocycles. The molecule has 0 saturated heterocycles. The van der Waals surface area contributed by atoms with Crippen LogP contribution >= 0.6 is 0 Å². The van der Waals surface area contributed by atoms with Crippen molar-refractivity contribution in [3.05, 3.63) is 0 Å². The van der Waals surface area contributed by atoms with Crippen molar-refractivity contribution in [2.45, 2.75) is 64.5 Å². The van der Waals surface area contributed by atoms with E-state index in [1.165, 1.54) is 25.7 Å². The molecule has 0 aromatic heterocycles. The van der Waals surface area contributed by atoms with Crippen molar-refractivity contribution in [1.29, 1.82) is 0 Å². The maximum absolute atomic E-state index is 11.7. The van der Waals surface area contributed by atoms with E-state index in [2.05, 4.69) is 12.2 Å². The van der Waals surface area contributed by atoms with Gasteiger partial charge in [0.2, 0.25) is 0 Å². The number of ether oxygens (including phenoxy) is 2. The molecule has 0 radical (unpaired) electrons. The normalized spacial score (nSPS) is 17.9. The Hall–Kier alpha value is -0.610. The monoisotopic (exact) mass is 257 g/mol. The van der Waals surface area contributed by atoms with Crippen LogP contribution in [0.3, 0.4) is 0 Å². The van der Waals surface area contributed by atoms with Gasteiger partial charge in [0.15, 0.2) is 0 Å². The van der Waals surface area contributed by atoms with E-state index < -0.39 is 0 Å². The fourth-order valence-electron chi connectivity index (χ4n) is 2.35. The minimum Gasteiger partial charge on any atom is -0.465 e. The number of hydrogen-bond donors (Lipinski definition) is 1. The molecule has 1 atom stereocenters. The lowest BCUT2D eigenvalue weighted by molar-refractivity contribution is -0.145. The van der Waals surface area contributed by atoms with Crippen molar-refractivity contribution in [2.24, 2.45) is 0 Å². The molecule has 1 fully saturated rings. The second-order valence-corrected chi connectivity index (χ2v) is 4.82. The highest BCUT2D eigenvalue weighted by Gasteiger charge is 2.18. The van der Waals surface area contributed by atoms with Crippen LogP contribution in [0, 0.1) is 0 Å². The summed E-state index contributed by atoms with van der Waals surface area (Å²) < 4.78 is 10.8. The van der Waals surface area contributed by atoms with Crippen LogP contribution in [0.5, 0.6) is 0 Å². The van der Waals surface area contributed by atoms with Crippen LogP contribution in [0.2, 0.25) is 0 Å². The van der Waals surface area contributed by atoms with E-state index in [1.54, 1.807) is 0 Å². The van der Waals surface area contributed by atoms with Gasteiger partial charge in [0.25, 0.3) is 0 Å². The molecule has 106 valence electrons.